The van der Waals surface area contributed by atoms with Gasteiger partial charge in [0, 0.05) is 12.1 Å². The molecule has 3 N–H and O–H groups in total. The standard InChI is InChI=1S/C10H18N2O2/c1-14-10(13)12-9-7-5-3-2-4-6-8(9)11/h2-3,8-9H,4-7,11H2,1H3,(H,12,13)/t8-,9-/m0/s1. The van der Waals surface area contributed by atoms with Gasteiger partial charge in [0.1, 0.15) is 0 Å². The number of nitrogens with one attached hydrogen (secondary N) is 1. The van der Waals surface area contributed by atoms with Crippen LogP contribution in [-0.2, 0) is 4.74 Å². The van der Waals surface area contributed by atoms with Crippen molar-refractivity contribution in [1.82, 2.24) is 5.32 Å². The lowest BCUT2D eigenvalue weighted by atomic mass is 9.96. The highest BCUT2D eigenvalue weighted by Crippen LogP contribution is 2.11. The molecule has 4 heteroatoms. The Morgan fingerprint density at radius 1 is 1.43 bits per heavy atom. The highest BCUT2D eigenvalue weighted by atomic mass is 16.5. The van der Waals surface area contributed by atoms with Crippen molar-refractivity contribution in [2.24, 2.45) is 5.73 Å². The van der Waals surface area contributed by atoms with Gasteiger partial charge in [0.2, 0.25) is 0 Å². The molecule has 1 aliphatic rings. The van der Waals surface area contributed by atoms with E-state index in [2.05, 4.69) is 22.2 Å². The molecule has 0 heterocycles. The number of ether oxygens (including phenoxy) is 1. The first-order valence-corrected chi connectivity index (χ1v) is 4.99. The first-order valence-electron chi connectivity index (χ1n) is 4.99. The second kappa shape index (κ2) is 5.65. The Balaban J connectivity index is 2.47. The number of hydrogen-bond acceptors (Lipinski definition) is 3. The molecule has 0 aliphatic heterocycles. The van der Waals surface area contributed by atoms with Crippen LogP contribution in [0.4, 0.5) is 4.79 Å². The number of methoxy groups -OCH3 is 1. The van der Waals surface area contributed by atoms with E-state index in [0.717, 1.165) is 25.7 Å². The first kappa shape index (κ1) is 11.0. The normalized spacial score (nSPS) is 27.6. The molecule has 1 aliphatic carbocycles. The number of carbonyl (C=O) groups excluding carboxylic acids is 1. The minimum Gasteiger partial charge on any atom is -0.453 e. The van der Waals surface area contributed by atoms with Gasteiger partial charge in [-0.15, -0.1) is 0 Å². The summed E-state index contributed by atoms with van der Waals surface area (Å²) in [5.41, 5.74) is 5.95. The maximum atomic E-state index is 11.0. The van der Waals surface area contributed by atoms with E-state index in [9.17, 15) is 4.79 Å². The fraction of sp³-hybridized carbons (Fsp3) is 0.700. The predicted octanol–water partition coefficient (Wildman–Crippen LogP) is 1.17. The molecule has 0 fully saturated rings. The van der Waals surface area contributed by atoms with Gasteiger partial charge in [-0.2, -0.15) is 0 Å². The van der Waals surface area contributed by atoms with Crippen LogP contribution >= 0.6 is 0 Å². The van der Waals surface area contributed by atoms with Crippen molar-refractivity contribution in [3.05, 3.63) is 12.2 Å². The van der Waals surface area contributed by atoms with E-state index >= 15 is 0 Å². The summed E-state index contributed by atoms with van der Waals surface area (Å²) in [5, 5.41) is 2.77. The quantitative estimate of drug-likeness (QED) is 0.621. The third-order valence-electron chi connectivity index (χ3n) is 2.48. The maximum Gasteiger partial charge on any atom is 0.407 e. The predicted molar refractivity (Wildman–Crippen MR) is 54.9 cm³/mol. The van der Waals surface area contributed by atoms with Crippen LogP contribution < -0.4 is 11.1 Å². The highest BCUT2D eigenvalue weighted by molar-refractivity contribution is 5.67. The summed E-state index contributed by atoms with van der Waals surface area (Å²) in [5.74, 6) is 0. The van der Waals surface area contributed by atoms with Gasteiger partial charge in [0.15, 0.2) is 0 Å². The first-order chi connectivity index (χ1) is 6.74. The summed E-state index contributed by atoms with van der Waals surface area (Å²) in [6.07, 6.45) is 7.63. The summed E-state index contributed by atoms with van der Waals surface area (Å²) in [4.78, 5) is 11.0. The molecule has 0 saturated heterocycles. The largest absolute Gasteiger partial charge is 0.453 e. The summed E-state index contributed by atoms with van der Waals surface area (Å²) in [7, 11) is 1.36. The molecular weight excluding hydrogens is 180 g/mol. The Kier molecular flexibility index (Phi) is 4.46. The van der Waals surface area contributed by atoms with Crippen molar-refractivity contribution >= 4 is 6.09 Å². The lowest BCUT2D eigenvalue weighted by Gasteiger charge is -2.24. The fourth-order valence-corrected chi connectivity index (χ4v) is 1.60. The molecule has 80 valence electrons. The van der Waals surface area contributed by atoms with E-state index in [1.165, 1.54) is 7.11 Å². The van der Waals surface area contributed by atoms with E-state index in [4.69, 9.17) is 5.73 Å². The third kappa shape index (κ3) is 3.38. The maximum absolute atomic E-state index is 11.0. The SMILES string of the molecule is COC(=O)N[C@H]1CCC=CCC[C@@H]1N. The molecule has 0 saturated carbocycles. The van der Waals surface area contributed by atoms with E-state index in [1.54, 1.807) is 0 Å². The Bertz CT molecular complexity index is 216. The Morgan fingerprint density at radius 2 is 2.07 bits per heavy atom. The molecule has 0 radical (unpaired) electrons. The molecule has 0 aromatic carbocycles. The molecule has 1 rings (SSSR count). The zero-order valence-corrected chi connectivity index (χ0v) is 8.53. The van der Waals surface area contributed by atoms with Gasteiger partial charge in [-0.1, -0.05) is 12.2 Å². The van der Waals surface area contributed by atoms with Crippen LogP contribution in [0.2, 0.25) is 0 Å². The van der Waals surface area contributed by atoms with E-state index in [-0.39, 0.29) is 12.1 Å². The second-order valence-electron chi connectivity index (χ2n) is 3.53. The minimum atomic E-state index is -0.394. The summed E-state index contributed by atoms with van der Waals surface area (Å²) in [6, 6.07) is 0.0615. The lowest BCUT2D eigenvalue weighted by molar-refractivity contribution is 0.163. The van der Waals surface area contributed by atoms with Crippen molar-refractivity contribution in [2.45, 2.75) is 37.8 Å². The Labute approximate surface area is 84.5 Å². The average Bonchev–Trinajstić information content (AvgIpc) is 2.17. The van der Waals surface area contributed by atoms with E-state index in [1.807, 2.05) is 0 Å². The number of nitrogens with two attached hydrogens (primary N) is 1. The van der Waals surface area contributed by atoms with Crippen LogP contribution in [0.5, 0.6) is 0 Å². The molecule has 1 amide bonds. The van der Waals surface area contributed by atoms with Crippen molar-refractivity contribution in [3.8, 4) is 0 Å². The van der Waals surface area contributed by atoms with E-state index in [0.29, 0.717) is 0 Å². The van der Waals surface area contributed by atoms with Crippen LogP contribution in [0.3, 0.4) is 0 Å². The van der Waals surface area contributed by atoms with Crippen LogP contribution in [-0.4, -0.2) is 25.3 Å². The zero-order chi connectivity index (χ0) is 10.4. The van der Waals surface area contributed by atoms with Gasteiger partial charge in [-0.25, -0.2) is 4.79 Å². The van der Waals surface area contributed by atoms with Crippen molar-refractivity contribution in [3.63, 3.8) is 0 Å². The lowest BCUT2D eigenvalue weighted by Crippen LogP contribution is -2.47. The number of hydrogen-bond donors (Lipinski definition) is 2. The topological polar surface area (TPSA) is 64.3 Å². The molecular formula is C10H18N2O2. The van der Waals surface area contributed by atoms with Crippen LogP contribution in [0.1, 0.15) is 25.7 Å². The molecule has 0 aromatic rings. The van der Waals surface area contributed by atoms with Gasteiger partial charge >= 0.3 is 6.09 Å². The molecule has 0 spiro atoms. The third-order valence-corrected chi connectivity index (χ3v) is 2.48. The minimum absolute atomic E-state index is 0.0269. The van der Waals surface area contributed by atoms with Crippen molar-refractivity contribution in [1.29, 1.82) is 0 Å². The van der Waals surface area contributed by atoms with Gasteiger partial charge in [0.25, 0.3) is 0 Å². The van der Waals surface area contributed by atoms with Gasteiger partial charge in [-0.05, 0) is 25.7 Å². The van der Waals surface area contributed by atoms with Crippen LogP contribution in [0, 0.1) is 0 Å². The molecule has 0 unspecified atom stereocenters. The molecule has 0 bridgehead atoms. The monoisotopic (exact) mass is 198 g/mol. The zero-order valence-electron chi connectivity index (χ0n) is 8.53. The van der Waals surface area contributed by atoms with Crippen LogP contribution in [0.25, 0.3) is 0 Å². The van der Waals surface area contributed by atoms with E-state index < -0.39 is 6.09 Å². The number of alkyl carbamates (subject to hydrolysis) is 1. The molecule has 14 heavy (non-hydrogen) atoms. The average molecular weight is 198 g/mol. The van der Waals surface area contributed by atoms with Gasteiger partial charge < -0.3 is 15.8 Å². The second-order valence-corrected chi connectivity index (χ2v) is 3.53. The Morgan fingerprint density at radius 3 is 2.71 bits per heavy atom. The molecule has 0 aromatic heterocycles. The summed E-state index contributed by atoms with van der Waals surface area (Å²) >= 11 is 0. The van der Waals surface area contributed by atoms with Crippen molar-refractivity contribution in [2.75, 3.05) is 7.11 Å². The number of allylic oxidation sites excluding steroid dienone is 2. The van der Waals surface area contributed by atoms with Gasteiger partial charge in [-0.3, -0.25) is 0 Å². The van der Waals surface area contributed by atoms with Gasteiger partial charge in [0.05, 0.1) is 7.11 Å². The smallest absolute Gasteiger partial charge is 0.407 e. The number of amides is 1. The fourth-order valence-electron chi connectivity index (χ4n) is 1.60. The summed E-state index contributed by atoms with van der Waals surface area (Å²) in [6.45, 7) is 0. The number of rotatable bonds is 1. The van der Waals surface area contributed by atoms with Crippen LogP contribution in [0.15, 0.2) is 12.2 Å². The Hall–Kier alpha value is -1.03. The highest BCUT2D eigenvalue weighted by Gasteiger charge is 2.19. The van der Waals surface area contributed by atoms with Crippen molar-refractivity contribution < 1.29 is 9.53 Å². The number of carbonyl (C=O) groups is 1. The molecule has 4 nitrogen and oxygen atoms in total. The summed E-state index contributed by atoms with van der Waals surface area (Å²) < 4.78 is 4.55. The molecule has 2 atom stereocenters.